The predicted octanol–water partition coefficient (Wildman–Crippen LogP) is 3.49. The first-order valence-electron chi connectivity index (χ1n) is 4.85. The lowest BCUT2D eigenvalue weighted by molar-refractivity contribution is -0.107. The van der Waals surface area contributed by atoms with Gasteiger partial charge in [0, 0.05) is 4.90 Å². The Hall–Kier alpha value is -0.760. The van der Waals surface area contributed by atoms with Crippen molar-refractivity contribution in [2.45, 2.75) is 36.8 Å². The smallest absolute Gasteiger partial charge is 0.133 e. The molecular formula is C12H16OS. The zero-order valence-electron chi connectivity index (χ0n) is 8.86. The minimum atomic E-state index is 0.0416. The van der Waals surface area contributed by atoms with E-state index in [0.29, 0.717) is 5.92 Å². The molecule has 0 heterocycles. The summed E-state index contributed by atoms with van der Waals surface area (Å²) in [5.41, 5.74) is 1.34. The predicted molar refractivity (Wildman–Crippen MR) is 61.9 cm³/mol. The van der Waals surface area contributed by atoms with E-state index in [1.54, 1.807) is 11.8 Å². The van der Waals surface area contributed by atoms with Gasteiger partial charge in [-0.1, -0.05) is 26.0 Å². The number of benzene rings is 1. The van der Waals surface area contributed by atoms with Gasteiger partial charge in [0.25, 0.3) is 0 Å². The molecule has 0 saturated heterocycles. The number of carbonyl (C=O) groups excluding carboxylic acids is 1. The van der Waals surface area contributed by atoms with Crippen molar-refractivity contribution in [3.63, 3.8) is 0 Å². The standard InChI is InChI=1S/C12H16OS/c1-9(2)11-4-6-12(7-5-11)14-10(3)8-13/h4-10H,1-3H3. The van der Waals surface area contributed by atoms with Gasteiger partial charge in [0.1, 0.15) is 6.29 Å². The number of thioether (sulfide) groups is 1. The van der Waals surface area contributed by atoms with E-state index in [9.17, 15) is 4.79 Å². The van der Waals surface area contributed by atoms with E-state index in [-0.39, 0.29) is 5.25 Å². The molecule has 1 atom stereocenters. The molecule has 14 heavy (non-hydrogen) atoms. The second-order valence-corrected chi connectivity index (χ2v) is 5.13. The normalized spacial score (nSPS) is 12.9. The maximum absolute atomic E-state index is 10.5. The Balaban J connectivity index is 2.68. The SMILES string of the molecule is CC(C=O)Sc1ccc(C(C)C)cc1. The first-order chi connectivity index (χ1) is 6.63. The number of carbonyl (C=O) groups is 1. The summed E-state index contributed by atoms with van der Waals surface area (Å²) < 4.78 is 0. The van der Waals surface area contributed by atoms with Gasteiger partial charge in [0.15, 0.2) is 0 Å². The number of hydrogen-bond acceptors (Lipinski definition) is 2. The summed E-state index contributed by atoms with van der Waals surface area (Å²) in [6.07, 6.45) is 0.973. The van der Waals surface area contributed by atoms with E-state index < -0.39 is 0 Å². The fourth-order valence-corrected chi connectivity index (χ4v) is 1.95. The van der Waals surface area contributed by atoms with Crippen molar-refractivity contribution in [2.75, 3.05) is 0 Å². The van der Waals surface area contributed by atoms with Crippen LogP contribution in [0.15, 0.2) is 29.2 Å². The summed E-state index contributed by atoms with van der Waals surface area (Å²) in [7, 11) is 0. The summed E-state index contributed by atoms with van der Waals surface area (Å²) in [6, 6.07) is 8.43. The average molecular weight is 208 g/mol. The highest BCUT2D eigenvalue weighted by Crippen LogP contribution is 2.24. The molecule has 1 nitrogen and oxygen atoms in total. The second-order valence-electron chi connectivity index (χ2n) is 3.68. The summed E-state index contributed by atoms with van der Waals surface area (Å²) in [5.74, 6) is 0.567. The molecule has 1 rings (SSSR count). The topological polar surface area (TPSA) is 17.1 Å². The molecule has 0 radical (unpaired) electrons. The van der Waals surface area contributed by atoms with Gasteiger partial charge in [-0.2, -0.15) is 0 Å². The maximum atomic E-state index is 10.5. The third kappa shape index (κ3) is 3.18. The van der Waals surface area contributed by atoms with E-state index in [2.05, 4.69) is 38.1 Å². The van der Waals surface area contributed by atoms with Crippen LogP contribution in [0.5, 0.6) is 0 Å². The van der Waals surface area contributed by atoms with Crippen LogP contribution < -0.4 is 0 Å². The van der Waals surface area contributed by atoms with Crippen LogP contribution >= 0.6 is 11.8 Å². The van der Waals surface area contributed by atoms with Crippen molar-refractivity contribution in [3.05, 3.63) is 29.8 Å². The summed E-state index contributed by atoms with van der Waals surface area (Å²) >= 11 is 1.60. The quantitative estimate of drug-likeness (QED) is 0.556. The second kappa shape index (κ2) is 5.20. The van der Waals surface area contributed by atoms with Crippen LogP contribution in [-0.4, -0.2) is 11.5 Å². The van der Waals surface area contributed by atoms with E-state index in [4.69, 9.17) is 0 Å². The van der Waals surface area contributed by atoms with Crippen LogP contribution in [0.25, 0.3) is 0 Å². The minimum Gasteiger partial charge on any atom is -0.302 e. The molecular weight excluding hydrogens is 192 g/mol. The number of hydrogen-bond donors (Lipinski definition) is 0. The van der Waals surface area contributed by atoms with Crippen molar-refractivity contribution in [2.24, 2.45) is 0 Å². The summed E-state index contributed by atoms with van der Waals surface area (Å²) in [4.78, 5) is 11.6. The molecule has 0 N–H and O–H groups in total. The Morgan fingerprint density at radius 1 is 1.14 bits per heavy atom. The first-order valence-corrected chi connectivity index (χ1v) is 5.73. The molecule has 0 spiro atoms. The molecule has 0 bridgehead atoms. The lowest BCUT2D eigenvalue weighted by Gasteiger charge is -2.07. The Bertz CT molecular complexity index is 290. The lowest BCUT2D eigenvalue weighted by atomic mass is 10.0. The van der Waals surface area contributed by atoms with Gasteiger partial charge in [-0.25, -0.2) is 0 Å². The summed E-state index contributed by atoms with van der Waals surface area (Å²) in [5, 5.41) is 0.0416. The van der Waals surface area contributed by atoms with Gasteiger partial charge in [-0.05, 0) is 30.5 Å². The fraction of sp³-hybridized carbons (Fsp3) is 0.417. The molecule has 1 aromatic rings. The molecule has 1 aromatic carbocycles. The van der Waals surface area contributed by atoms with Crippen molar-refractivity contribution >= 4 is 18.0 Å². The molecule has 0 saturated carbocycles. The van der Waals surface area contributed by atoms with Gasteiger partial charge in [0.05, 0.1) is 5.25 Å². The Morgan fingerprint density at radius 3 is 2.14 bits per heavy atom. The van der Waals surface area contributed by atoms with E-state index in [1.165, 1.54) is 5.56 Å². The fourth-order valence-electron chi connectivity index (χ4n) is 1.17. The third-order valence-corrected chi connectivity index (χ3v) is 3.09. The zero-order chi connectivity index (χ0) is 10.6. The van der Waals surface area contributed by atoms with Crippen molar-refractivity contribution in [1.29, 1.82) is 0 Å². The molecule has 0 aliphatic heterocycles. The Kier molecular flexibility index (Phi) is 4.21. The van der Waals surface area contributed by atoms with Crippen molar-refractivity contribution < 1.29 is 4.79 Å². The van der Waals surface area contributed by atoms with Crippen LogP contribution in [0, 0.1) is 0 Å². The van der Waals surface area contributed by atoms with E-state index in [1.807, 2.05) is 6.92 Å². The van der Waals surface area contributed by atoms with Crippen LogP contribution in [0.1, 0.15) is 32.3 Å². The van der Waals surface area contributed by atoms with Gasteiger partial charge in [-0.15, -0.1) is 11.8 Å². The highest BCUT2D eigenvalue weighted by atomic mass is 32.2. The molecule has 2 heteroatoms. The lowest BCUT2D eigenvalue weighted by Crippen LogP contribution is -1.95. The van der Waals surface area contributed by atoms with Crippen molar-refractivity contribution in [1.82, 2.24) is 0 Å². The van der Waals surface area contributed by atoms with Gasteiger partial charge >= 0.3 is 0 Å². The zero-order valence-corrected chi connectivity index (χ0v) is 9.67. The largest absolute Gasteiger partial charge is 0.302 e. The highest BCUT2D eigenvalue weighted by molar-refractivity contribution is 8.00. The molecule has 0 aliphatic carbocycles. The van der Waals surface area contributed by atoms with Gasteiger partial charge in [0.2, 0.25) is 0 Å². The van der Waals surface area contributed by atoms with E-state index >= 15 is 0 Å². The molecule has 0 fully saturated rings. The van der Waals surface area contributed by atoms with E-state index in [0.717, 1.165) is 11.2 Å². The molecule has 0 aliphatic rings. The van der Waals surface area contributed by atoms with Gasteiger partial charge in [-0.3, -0.25) is 0 Å². The van der Waals surface area contributed by atoms with Crippen LogP contribution in [0.3, 0.4) is 0 Å². The Morgan fingerprint density at radius 2 is 1.71 bits per heavy atom. The molecule has 76 valence electrons. The monoisotopic (exact) mass is 208 g/mol. The maximum Gasteiger partial charge on any atom is 0.133 e. The molecule has 1 unspecified atom stereocenters. The average Bonchev–Trinajstić information content (AvgIpc) is 2.18. The van der Waals surface area contributed by atoms with Crippen LogP contribution in [0.4, 0.5) is 0 Å². The molecule has 0 amide bonds. The Labute approximate surface area is 89.9 Å². The third-order valence-electron chi connectivity index (χ3n) is 2.06. The first kappa shape index (κ1) is 11.3. The van der Waals surface area contributed by atoms with Gasteiger partial charge < -0.3 is 4.79 Å². The molecule has 0 aromatic heterocycles. The van der Waals surface area contributed by atoms with Crippen LogP contribution in [0.2, 0.25) is 0 Å². The minimum absolute atomic E-state index is 0.0416. The highest BCUT2D eigenvalue weighted by Gasteiger charge is 2.03. The van der Waals surface area contributed by atoms with Crippen molar-refractivity contribution in [3.8, 4) is 0 Å². The van der Waals surface area contributed by atoms with Crippen LogP contribution in [-0.2, 0) is 4.79 Å². The summed E-state index contributed by atoms with van der Waals surface area (Å²) in [6.45, 7) is 6.26. The number of aldehydes is 1. The number of rotatable bonds is 4.